The summed E-state index contributed by atoms with van der Waals surface area (Å²) >= 11 is 0. The molecule has 0 aliphatic carbocycles. The fraction of sp³-hybridized carbons (Fsp3) is 0.333. The van der Waals surface area contributed by atoms with Crippen LogP contribution in [-0.4, -0.2) is 20.2 Å². The van der Waals surface area contributed by atoms with E-state index in [0.29, 0.717) is 17.2 Å². The standard InChI is InChI=1S/C12H14N6/c1-12(2,3)18-11(15-16-17-18)14-10-7-5-4-6-9(10)8-13/h4-7H,1-3H3,(H,14,15,17). The van der Waals surface area contributed by atoms with Gasteiger partial charge in [-0.25, -0.2) is 4.68 Å². The number of hydrogen-bond donors (Lipinski definition) is 1. The maximum Gasteiger partial charge on any atom is 0.247 e. The summed E-state index contributed by atoms with van der Waals surface area (Å²) in [5, 5.41) is 23.7. The minimum Gasteiger partial charge on any atom is -0.322 e. The van der Waals surface area contributed by atoms with Crippen LogP contribution in [-0.2, 0) is 5.54 Å². The highest BCUT2D eigenvalue weighted by Gasteiger charge is 2.20. The molecule has 0 aliphatic rings. The van der Waals surface area contributed by atoms with E-state index >= 15 is 0 Å². The second-order valence-corrected chi connectivity index (χ2v) is 4.87. The van der Waals surface area contributed by atoms with Gasteiger partial charge in [-0.1, -0.05) is 17.2 Å². The predicted octanol–water partition coefficient (Wildman–Crippen LogP) is 2.04. The first-order valence-electron chi connectivity index (χ1n) is 5.57. The van der Waals surface area contributed by atoms with Gasteiger partial charge in [0.2, 0.25) is 5.95 Å². The Labute approximate surface area is 105 Å². The molecule has 1 heterocycles. The van der Waals surface area contributed by atoms with Crippen LogP contribution in [0.2, 0.25) is 0 Å². The fourth-order valence-electron chi connectivity index (χ4n) is 1.53. The molecule has 2 rings (SSSR count). The van der Waals surface area contributed by atoms with Crippen LogP contribution in [0.4, 0.5) is 11.6 Å². The normalized spacial score (nSPS) is 11.0. The quantitative estimate of drug-likeness (QED) is 0.871. The lowest BCUT2D eigenvalue weighted by Gasteiger charge is -2.20. The molecule has 2 aromatic rings. The largest absolute Gasteiger partial charge is 0.322 e. The summed E-state index contributed by atoms with van der Waals surface area (Å²) in [6, 6.07) is 9.36. The number of tetrazole rings is 1. The Hall–Kier alpha value is -2.42. The molecule has 6 nitrogen and oxygen atoms in total. The van der Waals surface area contributed by atoms with Crippen LogP contribution in [0.1, 0.15) is 26.3 Å². The van der Waals surface area contributed by atoms with E-state index in [1.807, 2.05) is 39.0 Å². The van der Waals surface area contributed by atoms with Crippen molar-refractivity contribution < 1.29 is 0 Å². The van der Waals surface area contributed by atoms with Gasteiger partial charge in [-0.05, 0) is 43.3 Å². The Kier molecular flexibility index (Phi) is 2.98. The summed E-state index contributed by atoms with van der Waals surface area (Å²) in [4.78, 5) is 0. The van der Waals surface area contributed by atoms with Crippen molar-refractivity contribution in [3.05, 3.63) is 29.8 Å². The molecule has 0 saturated carbocycles. The molecule has 92 valence electrons. The highest BCUT2D eigenvalue weighted by Crippen LogP contribution is 2.22. The van der Waals surface area contributed by atoms with Gasteiger partial charge in [0.1, 0.15) is 6.07 Å². The van der Waals surface area contributed by atoms with Gasteiger partial charge in [0, 0.05) is 0 Å². The number of para-hydroxylation sites is 1. The number of anilines is 2. The lowest BCUT2D eigenvalue weighted by Crippen LogP contribution is -2.24. The number of rotatable bonds is 2. The Morgan fingerprint density at radius 1 is 1.28 bits per heavy atom. The van der Waals surface area contributed by atoms with Crippen molar-refractivity contribution in [2.75, 3.05) is 5.32 Å². The second-order valence-electron chi connectivity index (χ2n) is 4.87. The molecule has 1 N–H and O–H groups in total. The molecule has 0 fully saturated rings. The van der Waals surface area contributed by atoms with Crippen LogP contribution < -0.4 is 5.32 Å². The summed E-state index contributed by atoms with van der Waals surface area (Å²) in [6.07, 6.45) is 0. The molecule has 18 heavy (non-hydrogen) atoms. The summed E-state index contributed by atoms with van der Waals surface area (Å²) < 4.78 is 1.68. The lowest BCUT2D eigenvalue weighted by molar-refractivity contribution is 0.352. The molecule has 0 atom stereocenters. The van der Waals surface area contributed by atoms with Gasteiger partial charge in [-0.3, -0.25) is 0 Å². The highest BCUT2D eigenvalue weighted by molar-refractivity contribution is 5.62. The molecule has 0 spiro atoms. The third-order valence-electron chi connectivity index (χ3n) is 2.40. The summed E-state index contributed by atoms with van der Waals surface area (Å²) in [5.74, 6) is 0.519. The van der Waals surface area contributed by atoms with Gasteiger partial charge < -0.3 is 5.32 Å². The van der Waals surface area contributed by atoms with E-state index in [1.54, 1.807) is 10.7 Å². The van der Waals surface area contributed by atoms with E-state index in [2.05, 4.69) is 26.9 Å². The minimum absolute atomic E-state index is 0.229. The van der Waals surface area contributed by atoms with E-state index < -0.39 is 0 Å². The van der Waals surface area contributed by atoms with Crippen molar-refractivity contribution in [2.45, 2.75) is 26.3 Å². The minimum atomic E-state index is -0.229. The number of nitriles is 1. The Morgan fingerprint density at radius 3 is 2.67 bits per heavy atom. The molecule has 0 unspecified atom stereocenters. The molecule has 0 radical (unpaired) electrons. The van der Waals surface area contributed by atoms with E-state index in [0.717, 1.165) is 0 Å². The van der Waals surface area contributed by atoms with E-state index in [9.17, 15) is 0 Å². The van der Waals surface area contributed by atoms with Gasteiger partial charge in [0.25, 0.3) is 0 Å². The van der Waals surface area contributed by atoms with Gasteiger partial charge in [-0.2, -0.15) is 5.26 Å². The van der Waals surface area contributed by atoms with Gasteiger partial charge in [-0.15, -0.1) is 0 Å². The lowest BCUT2D eigenvalue weighted by atomic mass is 10.1. The fourth-order valence-corrected chi connectivity index (χ4v) is 1.53. The van der Waals surface area contributed by atoms with Crippen LogP contribution >= 0.6 is 0 Å². The molecule has 0 aliphatic heterocycles. The maximum absolute atomic E-state index is 9.03. The van der Waals surface area contributed by atoms with Crippen LogP contribution in [0.15, 0.2) is 24.3 Å². The third kappa shape index (κ3) is 2.30. The Bertz CT molecular complexity index is 587. The van der Waals surface area contributed by atoms with E-state index in [1.165, 1.54) is 0 Å². The molecule has 1 aromatic heterocycles. The third-order valence-corrected chi connectivity index (χ3v) is 2.40. The topological polar surface area (TPSA) is 79.4 Å². The van der Waals surface area contributed by atoms with Crippen molar-refractivity contribution in [1.29, 1.82) is 5.26 Å². The molecule has 0 amide bonds. The number of nitrogens with zero attached hydrogens (tertiary/aromatic N) is 5. The van der Waals surface area contributed by atoms with Crippen molar-refractivity contribution in [2.24, 2.45) is 0 Å². The summed E-state index contributed by atoms with van der Waals surface area (Å²) in [6.45, 7) is 6.01. The summed E-state index contributed by atoms with van der Waals surface area (Å²) in [7, 11) is 0. The van der Waals surface area contributed by atoms with Crippen molar-refractivity contribution in [1.82, 2.24) is 20.2 Å². The van der Waals surface area contributed by atoms with Crippen molar-refractivity contribution >= 4 is 11.6 Å². The van der Waals surface area contributed by atoms with Gasteiger partial charge in [0.05, 0.1) is 16.8 Å². The van der Waals surface area contributed by atoms with Crippen LogP contribution in [0.25, 0.3) is 0 Å². The average Bonchev–Trinajstić information content (AvgIpc) is 2.78. The number of benzene rings is 1. The molecular formula is C12H14N6. The number of hydrogen-bond acceptors (Lipinski definition) is 5. The smallest absolute Gasteiger partial charge is 0.247 e. The van der Waals surface area contributed by atoms with Crippen molar-refractivity contribution in [3.8, 4) is 6.07 Å². The van der Waals surface area contributed by atoms with Crippen LogP contribution in [0, 0.1) is 11.3 Å². The summed E-state index contributed by atoms with van der Waals surface area (Å²) in [5.41, 5.74) is 1.02. The van der Waals surface area contributed by atoms with Gasteiger partial charge >= 0.3 is 0 Å². The maximum atomic E-state index is 9.03. The average molecular weight is 242 g/mol. The van der Waals surface area contributed by atoms with Crippen LogP contribution in [0.3, 0.4) is 0 Å². The molecule has 0 bridgehead atoms. The molecular weight excluding hydrogens is 228 g/mol. The van der Waals surface area contributed by atoms with E-state index in [4.69, 9.17) is 5.26 Å². The Morgan fingerprint density at radius 2 is 2.00 bits per heavy atom. The van der Waals surface area contributed by atoms with Gasteiger partial charge in [0.15, 0.2) is 0 Å². The SMILES string of the molecule is CC(C)(C)n1nnnc1Nc1ccccc1C#N. The first-order chi connectivity index (χ1) is 8.52. The number of aromatic nitrogens is 4. The first-order valence-corrected chi connectivity index (χ1v) is 5.57. The zero-order valence-corrected chi connectivity index (χ0v) is 10.5. The predicted molar refractivity (Wildman–Crippen MR) is 67.3 cm³/mol. The number of nitrogens with one attached hydrogen (secondary N) is 1. The molecule has 1 aromatic carbocycles. The zero-order chi connectivity index (χ0) is 13.2. The molecule has 6 heteroatoms. The monoisotopic (exact) mass is 242 g/mol. The van der Waals surface area contributed by atoms with Crippen LogP contribution in [0.5, 0.6) is 0 Å². The zero-order valence-electron chi connectivity index (χ0n) is 10.5. The van der Waals surface area contributed by atoms with E-state index in [-0.39, 0.29) is 5.54 Å². The second kappa shape index (κ2) is 4.45. The Balaban J connectivity index is 2.36. The first kappa shape index (κ1) is 12.0. The highest BCUT2D eigenvalue weighted by atomic mass is 15.6. The molecule has 0 saturated heterocycles. The van der Waals surface area contributed by atoms with Crippen molar-refractivity contribution in [3.63, 3.8) is 0 Å².